The molecule has 0 fully saturated rings. The van der Waals surface area contributed by atoms with E-state index >= 15 is 0 Å². The van der Waals surface area contributed by atoms with Crippen molar-refractivity contribution in [2.75, 3.05) is 18.9 Å². The molecule has 0 bridgehead atoms. The maximum atomic E-state index is 10.6. The van der Waals surface area contributed by atoms with Crippen LogP contribution in [0.1, 0.15) is 22.4 Å². The van der Waals surface area contributed by atoms with Crippen LogP contribution in [0.2, 0.25) is 0 Å². The standard InChI is InChI=1S/C8H12N2O3S/c1-2-13-4-3-5-10-6(8(11)12)7(9)14-5/h2-4,9H2,1H3,(H,11,12). The number of carboxylic acids is 1. The predicted octanol–water partition coefficient (Wildman–Crippen LogP) is 1.00. The number of anilines is 1. The average molecular weight is 216 g/mol. The molecule has 0 aliphatic rings. The number of aromatic nitrogens is 1. The van der Waals surface area contributed by atoms with Crippen molar-refractivity contribution in [3.63, 3.8) is 0 Å². The first-order chi connectivity index (χ1) is 6.65. The van der Waals surface area contributed by atoms with Crippen molar-refractivity contribution in [3.05, 3.63) is 10.7 Å². The fraction of sp³-hybridized carbons (Fsp3) is 0.500. The summed E-state index contributed by atoms with van der Waals surface area (Å²) in [4.78, 5) is 14.5. The maximum absolute atomic E-state index is 10.6. The lowest BCUT2D eigenvalue weighted by molar-refractivity contribution is 0.0692. The molecule has 1 aromatic rings. The van der Waals surface area contributed by atoms with E-state index in [9.17, 15) is 4.79 Å². The highest BCUT2D eigenvalue weighted by molar-refractivity contribution is 7.15. The first-order valence-electron chi connectivity index (χ1n) is 4.21. The number of hydrogen-bond acceptors (Lipinski definition) is 5. The molecule has 1 rings (SSSR count). The van der Waals surface area contributed by atoms with E-state index in [1.165, 1.54) is 11.3 Å². The molecule has 0 saturated heterocycles. The van der Waals surface area contributed by atoms with Crippen LogP contribution in [0.25, 0.3) is 0 Å². The van der Waals surface area contributed by atoms with Crippen LogP contribution < -0.4 is 5.73 Å². The van der Waals surface area contributed by atoms with E-state index < -0.39 is 5.97 Å². The number of nitrogens with zero attached hydrogens (tertiary/aromatic N) is 1. The molecule has 1 heterocycles. The molecule has 0 aromatic carbocycles. The quantitative estimate of drug-likeness (QED) is 0.717. The second-order valence-corrected chi connectivity index (χ2v) is 3.69. The Morgan fingerprint density at radius 2 is 2.43 bits per heavy atom. The molecule has 0 amide bonds. The molecule has 0 atom stereocenters. The number of ether oxygens (including phenoxy) is 1. The zero-order valence-corrected chi connectivity index (χ0v) is 8.63. The van der Waals surface area contributed by atoms with Crippen molar-refractivity contribution in [2.24, 2.45) is 0 Å². The van der Waals surface area contributed by atoms with Gasteiger partial charge in [-0.2, -0.15) is 0 Å². The Bertz CT molecular complexity index is 324. The summed E-state index contributed by atoms with van der Waals surface area (Å²) in [5.41, 5.74) is 5.43. The number of thiazole rings is 1. The van der Waals surface area contributed by atoms with Gasteiger partial charge in [0, 0.05) is 13.0 Å². The topological polar surface area (TPSA) is 85.4 Å². The minimum Gasteiger partial charge on any atom is -0.476 e. The smallest absolute Gasteiger partial charge is 0.357 e. The number of nitrogens with two attached hydrogens (primary N) is 1. The molecule has 3 N–H and O–H groups in total. The largest absolute Gasteiger partial charge is 0.476 e. The number of hydrogen-bond donors (Lipinski definition) is 2. The van der Waals surface area contributed by atoms with Crippen molar-refractivity contribution in [2.45, 2.75) is 13.3 Å². The summed E-state index contributed by atoms with van der Waals surface area (Å²) in [5.74, 6) is -1.08. The Labute approximate surface area is 85.5 Å². The van der Waals surface area contributed by atoms with Crippen molar-refractivity contribution in [3.8, 4) is 0 Å². The molecular weight excluding hydrogens is 204 g/mol. The first kappa shape index (κ1) is 10.9. The fourth-order valence-corrected chi connectivity index (χ4v) is 1.75. The molecule has 0 saturated carbocycles. The van der Waals surface area contributed by atoms with Crippen LogP contribution in [0.15, 0.2) is 0 Å². The summed E-state index contributed by atoms with van der Waals surface area (Å²) >= 11 is 1.20. The number of rotatable bonds is 5. The van der Waals surface area contributed by atoms with E-state index in [1.54, 1.807) is 0 Å². The zero-order chi connectivity index (χ0) is 10.6. The maximum Gasteiger partial charge on any atom is 0.357 e. The Kier molecular flexibility index (Phi) is 3.84. The van der Waals surface area contributed by atoms with Gasteiger partial charge in [0.05, 0.1) is 11.6 Å². The molecule has 0 spiro atoms. The van der Waals surface area contributed by atoms with Gasteiger partial charge < -0.3 is 15.6 Å². The van der Waals surface area contributed by atoms with Gasteiger partial charge in [0.25, 0.3) is 0 Å². The molecule has 0 aliphatic heterocycles. The van der Waals surface area contributed by atoms with Crippen LogP contribution >= 0.6 is 11.3 Å². The molecule has 78 valence electrons. The molecule has 0 radical (unpaired) electrons. The number of nitrogen functional groups attached to an aromatic ring is 1. The highest BCUT2D eigenvalue weighted by Gasteiger charge is 2.14. The van der Waals surface area contributed by atoms with Gasteiger partial charge in [-0.3, -0.25) is 0 Å². The summed E-state index contributed by atoms with van der Waals surface area (Å²) in [6.07, 6.45) is 0.607. The Hall–Kier alpha value is -1.14. The highest BCUT2D eigenvalue weighted by atomic mass is 32.1. The summed E-state index contributed by atoms with van der Waals surface area (Å²) in [6, 6.07) is 0. The normalized spacial score (nSPS) is 10.4. The number of aromatic carboxylic acids is 1. The third kappa shape index (κ3) is 2.68. The van der Waals surface area contributed by atoms with Crippen LogP contribution in [-0.4, -0.2) is 29.3 Å². The monoisotopic (exact) mass is 216 g/mol. The minimum absolute atomic E-state index is 0.0542. The van der Waals surface area contributed by atoms with Crippen molar-refractivity contribution >= 4 is 22.3 Å². The summed E-state index contributed by atoms with van der Waals surface area (Å²) in [6.45, 7) is 3.09. The van der Waals surface area contributed by atoms with Gasteiger partial charge in [-0.15, -0.1) is 11.3 Å². The Morgan fingerprint density at radius 3 is 2.93 bits per heavy atom. The van der Waals surface area contributed by atoms with Gasteiger partial charge >= 0.3 is 5.97 Å². The Balaban J connectivity index is 2.62. The van der Waals surface area contributed by atoms with Gasteiger partial charge in [0.1, 0.15) is 5.00 Å². The summed E-state index contributed by atoms with van der Waals surface area (Å²) in [7, 11) is 0. The number of carboxylic acid groups (broad SMARTS) is 1. The second-order valence-electron chi connectivity index (χ2n) is 2.57. The second kappa shape index (κ2) is 4.92. The summed E-state index contributed by atoms with van der Waals surface area (Å²) in [5, 5.41) is 9.64. The third-order valence-corrected chi connectivity index (χ3v) is 2.51. The van der Waals surface area contributed by atoms with E-state index in [-0.39, 0.29) is 10.7 Å². The molecule has 0 unspecified atom stereocenters. The predicted molar refractivity (Wildman–Crippen MR) is 53.7 cm³/mol. The van der Waals surface area contributed by atoms with E-state index in [2.05, 4.69) is 4.98 Å². The molecule has 5 nitrogen and oxygen atoms in total. The van der Waals surface area contributed by atoms with Crippen LogP contribution in [-0.2, 0) is 11.2 Å². The van der Waals surface area contributed by atoms with Crippen molar-refractivity contribution in [1.82, 2.24) is 4.98 Å². The molecular formula is C8H12N2O3S. The number of carbonyl (C=O) groups is 1. The highest BCUT2D eigenvalue weighted by Crippen LogP contribution is 2.21. The van der Waals surface area contributed by atoms with Crippen molar-refractivity contribution < 1.29 is 14.6 Å². The zero-order valence-electron chi connectivity index (χ0n) is 7.82. The van der Waals surface area contributed by atoms with Crippen LogP contribution in [0.3, 0.4) is 0 Å². The van der Waals surface area contributed by atoms with Crippen LogP contribution in [0, 0.1) is 0 Å². The van der Waals surface area contributed by atoms with E-state index in [1.807, 2.05) is 6.92 Å². The molecule has 14 heavy (non-hydrogen) atoms. The van der Waals surface area contributed by atoms with E-state index in [4.69, 9.17) is 15.6 Å². The van der Waals surface area contributed by atoms with Crippen LogP contribution in [0.4, 0.5) is 5.00 Å². The first-order valence-corrected chi connectivity index (χ1v) is 5.03. The van der Waals surface area contributed by atoms with E-state index in [0.29, 0.717) is 24.6 Å². The van der Waals surface area contributed by atoms with Crippen molar-refractivity contribution in [1.29, 1.82) is 0 Å². The van der Waals surface area contributed by atoms with Gasteiger partial charge in [0.15, 0.2) is 5.69 Å². The van der Waals surface area contributed by atoms with Crippen LogP contribution in [0.5, 0.6) is 0 Å². The fourth-order valence-electron chi connectivity index (χ4n) is 0.942. The third-order valence-electron chi connectivity index (χ3n) is 1.56. The lowest BCUT2D eigenvalue weighted by Gasteiger charge is -1.96. The lowest BCUT2D eigenvalue weighted by atomic mass is 10.4. The van der Waals surface area contributed by atoms with E-state index in [0.717, 1.165) is 0 Å². The average Bonchev–Trinajstić information content (AvgIpc) is 2.47. The SMILES string of the molecule is CCOCCc1nc(C(=O)O)c(N)s1. The summed E-state index contributed by atoms with van der Waals surface area (Å²) < 4.78 is 5.13. The lowest BCUT2D eigenvalue weighted by Crippen LogP contribution is -2.01. The minimum atomic E-state index is -1.08. The van der Waals surface area contributed by atoms with Gasteiger partial charge in [-0.25, -0.2) is 9.78 Å². The van der Waals surface area contributed by atoms with Gasteiger partial charge in [-0.05, 0) is 6.92 Å². The Morgan fingerprint density at radius 1 is 1.71 bits per heavy atom. The molecule has 1 aromatic heterocycles. The molecule has 0 aliphatic carbocycles. The van der Waals surface area contributed by atoms with Gasteiger partial charge in [-0.1, -0.05) is 0 Å². The molecule has 6 heteroatoms. The van der Waals surface area contributed by atoms with Gasteiger partial charge in [0.2, 0.25) is 0 Å².